The van der Waals surface area contributed by atoms with Gasteiger partial charge in [0.15, 0.2) is 0 Å². The Bertz CT molecular complexity index is 197. The molecule has 0 N–H and O–H groups in total. The maximum absolute atomic E-state index is 10.5. The summed E-state index contributed by atoms with van der Waals surface area (Å²) < 4.78 is 0. The molecule has 0 aromatic heterocycles. The van der Waals surface area contributed by atoms with E-state index in [-0.39, 0.29) is 0 Å². The molecule has 0 saturated carbocycles. The molecule has 0 rings (SSSR count). The monoisotopic (exact) mass is 165 g/mol. The molecular formula is C11H17O. The largest absolute Gasteiger partial charge is 0.290 e. The summed E-state index contributed by atoms with van der Waals surface area (Å²) in [6.07, 6.45) is 9.05. The molecule has 0 aromatic carbocycles. The van der Waals surface area contributed by atoms with E-state index in [1.165, 1.54) is 0 Å². The van der Waals surface area contributed by atoms with E-state index in [1.807, 2.05) is 39.2 Å². The molecule has 1 heteroatoms. The highest BCUT2D eigenvalue weighted by Crippen LogP contribution is 2.22. The molecule has 1 radical (unpaired) electrons. The second-order valence-corrected chi connectivity index (χ2v) is 3.41. The van der Waals surface area contributed by atoms with Crippen LogP contribution in [0.1, 0.15) is 34.1 Å². The van der Waals surface area contributed by atoms with Crippen LogP contribution in [-0.4, -0.2) is 6.29 Å². The first-order chi connectivity index (χ1) is 5.54. The fraction of sp³-hybridized carbons (Fsp3) is 0.545. The average Bonchev–Trinajstić information content (AvgIpc) is 2.05. The van der Waals surface area contributed by atoms with Gasteiger partial charge in [-0.15, -0.1) is 0 Å². The molecule has 1 nitrogen and oxygen atoms in total. The molecule has 0 aliphatic rings. The third-order valence-electron chi connectivity index (χ3n) is 1.96. The highest BCUT2D eigenvalue weighted by molar-refractivity contribution is 5.64. The highest BCUT2D eigenvalue weighted by atomic mass is 16.1. The van der Waals surface area contributed by atoms with E-state index in [4.69, 9.17) is 0 Å². The van der Waals surface area contributed by atoms with Crippen molar-refractivity contribution in [3.8, 4) is 0 Å². The predicted octanol–water partition coefficient (Wildman–Crippen LogP) is 3.03. The van der Waals surface area contributed by atoms with Crippen LogP contribution in [-0.2, 0) is 4.79 Å². The topological polar surface area (TPSA) is 17.1 Å². The van der Waals surface area contributed by atoms with Gasteiger partial charge in [-0.3, -0.25) is 4.79 Å². The minimum Gasteiger partial charge on any atom is -0.290 e. The summed E-state index contributed by atoms with van der Waals surface area (Å²) >= 11 is 0. The van der Waals surface area contributed by atoms with Crippen molar-refractivity contribution >= 4 is 6.29 Å². The molecule has 0 unspecified atom stereocenters. The average molecular weight is 165 g/mol. The van der Waals surface area contributed by atoms with Crippen molar-refractivity contribution in [1.29, 1.82) is 0 Å². The Morgan fingerprint density at radius 1 is 1.50 bits per heavy atom. The number of rotatable bonds is 4. The third kappa shape index (κ3) is 3.51. The SMILES string of the molecule is CCC=CC=C(C)C(C)(C)[C]=O. The first kappa shape index (κ1) is 11.2. The van der Waals surface area contributed by atoms with Crippen LogP contribution in [0.25, 0.3) is 0 Å². The molecule has 0 heterocycles. The van der Waals surface area contributed by atoms with E-state index >= 15 is 0 Å². The van der Waals surface area contributed by atoms with Gasteiger partial charge in [-0.2, -0.15) is 0 Å². The van der Waals surface area contributed by atoms with Gasteiger partial charge < -0.3 is 0 Å². The molecule has 0 bridgehead atoms. The van der Waals surface area contributed by atoms with Crippen molar-refractivity contribution < 1.29 is 4.79 Å². The lowest BCUT2D eigenvalue weighted by Crippen LogP contribution is -2.13. The first-order valence-electron chi connectivity index (χ1n) is 4.27. The molecule has 0 aliphatic heterocycles. The van der Waals surface area contributed by atoms with Gasteiger partial charge in [0.05, 0.1) is 5.41 Å². The van der Waals surface area contributed by atoms with Gasteiger partial charge in [0.25, 0.3) is 0 Å². The fourth-order valence-electron chi connectivity index (χ4n) is 0.637. The van der Waals surface area contributed by atoms with Gasteiger partial charge in [0.1, 0.15) is 0 Å². The quantitative estimate of drug-likeness (QED) is 0.585. The van der Waals surface area contributed by atoms with Crippen LogP contribution in [0.5, 0.6) is 0 Å². The molecule has 0 atom stereocenters. The molecule has 0 fully saturated rings. The van der Waals surface area contributed by atoms with Gasteiger partial charge in [-0.25, -0.2) is 0 Å². The molecule has 0 aliphatic carbocycles. The summed E-state index contributed by atoms with van der Waals surface area (Å²) in [6, 6.07) is 0. The Morgan fingerprint density at radius 2 is 2.08 bits per heavy atom. The Balaban J connectivity index is 4.36. The van der Waals surface area contributed by atoms with Crippen LogP contribution in [0.3, 0.4) is 0 Å². The number of hydrogen-bond acceptors (Lipinski definition) is 1. The second-order valence-electron chi connectivity index (χ2n) is 3.41. The van der Waals surface area contributed by atoms with Crippen LogP contribution in [0.4, 0.5) is 0 Å². The van der Waals surface area contributed by atoms with Crippen molar-refractivity contribution in [3.63, 3.8) is 0 Å². The van der Waals surface area contributed by atoms with E-state index in [0.29, 0.717) is 0 Å². The van der Waals surface area contributed by atoms with Gasteiger partial charge in [-0.1, -0.05) is 30.7 Å². The zero-order valence-corrected chi connectivity index (χ0v) is 8.35. The second kappa shape index (κ2) is 4.91. The minimum absolute atomic E-state index is 0.446. The molecule has 0 spiro atoms. The highest BCUT2D eigenvalue weighted by Gasteiger charge is 2.18. The lowest BCUT2D eigenvalue weighted by Gasteiger charge is -2.15. The Morgan fingerprint density at radius 3 is 2.50 bits per heavy atom. The molecule has 12 heavy (non-hydrogen) atoms. The molecule has 0 saturated heterocycles. The molecule has 67 valence electrons. The maximum atomic E-state index is 10.5. The van der Waals surface area contributed by atoms with Gasteiger partial charge in [0.2, 0.25) is 6.29 Å². The lowest BCUT2D eigenvalue weighted by molar-refractivity contribution is 0.493. The lowest BCUT2D eigenvalue weighted by atomic mass is 9.87. The van der Waals surface area contributed by atoms with Crippen LogP contribution in [0.15, 0.2) is 23.8 Å². The number of allylic oxidation sites excluding steroid dienone is 4. The number of hydrogen-bond donors (Lipinski definition) is 0. The van der Waals surface area contributed by atoms with Crippen LogP contribution < -0.4 is 0 Å². The Kier molecular flexibility index (Phi) is 4.57. The van der Waals surface area contributed by atoms with E-state index in [0.717, 1.165) is 12.0 Å². The van der Waals surface area contributed by atoms with E-state index < -0.39 is 5.41 Å². The van der Waals surface area contributed by atoms with Gasteiger partial charge in [-0.05, 0) is 27.2 Å². The third-order valence-corrected chi connectivity index (χ3v) is 1.96. The summed E-state index contributed by atoms with van der Waals surface area (Å²) in [5, 5.41) is 0. The van der Waals surface area contributed by atoms with Crippen LogP contribution in [0, 0.1) is 5.41 Å². The maximum Gasteiger partial charge on any atom is 0.208 e. The summed E-state index contributed by atoms with van der Waals surface area (Å²) in [6.45, 7) is 7.76. The van der Waals surface area contributed by atoms with Crippen molar-refractivity contribution in [1.82, 2.24) is 0 Å². The summed E-state index contributed by atoms with van der Waals surface area (Å²) in [7, 11) is 0. The standard InChI is InChI=1S/C11H17O/c1-5-6-7-8-10(2)11(3,4)9-12/h6-8H,5H2,1-4H3. The summed E-state index contributed by atoms with van der Waals surface area (Å²) in [5.41, 5.74) is 0.597. The van der Waals surface area contributed by atoms with Gasteiger partial charge in [0, 0.05) is 0 Å². The summed E-state index contributed by atoms with van der Waals surface area (Å²) in [4.78, 5) is 10.5. The first-order valence-corrected chi connectivity index (χ1v) is 4.27. The Hall–Kier alpha value is -0.850. The number of carbonyl (C=O) groups excluding carboxylic acids is 1. The van der Waals surface area contributed by atoms with Crippen molar-refractivity contribution in [2.45, 2.75) is 34.1 Å². The molecule has 0 amide bonds. The van der Waals surface area contributed by atoms with Crippen molar-refractivity contribution in [2.75, 3.05) is 0 Å². The zero-order chi connectivity index (χ0) is 9.61. The molecule has 0 aromatic rings. The fourth-order valence-corrected chi connectivity index (χ4v) is 0.637. The summed E-state index contributed by atoms with van der Waals surface area (Å²) in [5.74, 6) is 0. The molecular weight excluding hydrogens is 148 g/mol. The van der Waals surface area contributed by atoms with E-state index in [1.54, 1.807) is 0 Å². The smallest absolute Gasteiger partial charge is 0.208 e. The minimum atomic E-state index is -0.446. The van der Waals surface area contributed by atoms with E-state index in [9.17, 15) is 4.79 Å². The zero-order valence-electron chi connectivity index (χ0n) is 8.35. The predicted molar refractivity (Wildman–Crippen MR) is 52.7 cm³/mol. The normalized spacial score (nSPS) is 13.8. The van der Waals surface area contributed by atoms with Crippen molar-refractivity contribution in [2.24, 2.45) is 5.41 Å². The Labute approximate surface area is 75.2 Å². The van der Waals surface area contributed by atoms with Crippen LogP contribution >= 0.6 is 0 Å². The van der Waals surface area contributed by atoms with E-state index in [2.05, 4.69) is 13.0 Å². The van der Waals surface area contributed by atoms with Crippen LogP contribution in [0.2, 0.25) is 0 Å². The van der Waals surface area contributed by atoms with Gasteiger partial charge >= 0.3 is 0 Å². The van der Waals surface area contributed by atoms with Crippen molar-refractivity contribution in [3.05, 3.63) is 23.8 Å².